The van der Waals surface area contributed by atoms with Gasteiger partial charge in [0.05, 0.1) is 0 Å². The van der Waals surface area contributed by atoms with Crippen LogP contribution in [0.3, 0.4) is 0 Å². The first-order chi connectivity index (χ1) is 7.16. The summed E-state index contributed by atoms with van der Waals surface area (Å²) in [6.45, 7) is 1.94. The van der Waals surface area contributed by atoms with Gasteiger partial charge in [0.15, 0.2) is 0 Å². The Morgan fingerprint density at radius 2 is 2.13 bits per heavy atom. The second-order valence-electron chi connectivity index (χ2n) is 3.83. The van der Waals surface area contributed by atoms with Crippen molar-refractivity contribution in [3.05, 3.63) is 36.0 Å². The van der Waals surface area contributed by atoms with Gasteiger partial charge in [-0.05, 0) is 19.1 Å². The number of pyridine rings is 1. The number of hydrogen-bond acceptors (Lipinski definition) is 3. The van der Waals surface area contributed by atoms with Crippen molar-refractivity contribution in [1.82, 2.24) is 4.98 Å². The zero-order valence-corrected chi connectivity index (χ0v) is 8.64. The van der Waals surface area contributed by atoms with Gasteiger partial charge in [-0.15, -0.1) is 0 Å². The number of nitrogens with zero attached hydrogens (tertiary/aromatic N) is 1. The fourth-order valence-electron chi connectivity index (χ4n) is 1.62. The highest BCUT2D eigenvalue weighted by Crippen LogP contribution is 2.22. The molecule has 0 spiro atoms. The van der Waals surface area contributed by atoms with E-state index in [1.165, 1.54) is 0 Å². The first-order valence-electron chi connectivity index (χ1n) is 5.00. The molecule has 15 heavy (non-hydrogen) atoms. The summed E-state index contributed by atoms with van der Waals surface area (Å²) >= 11 is 0. The molecule has 0 aliphatic heterocycles. The predicted octanol–water partition coefficient (Wildman–Crippen LogP) is 1.83. The van der Waals surface area contributed by atoms with Crippen molar-refractivity contribution in [2.45, 2.75) is 19.4 Å². The van der Waals surface area contributed by atoms with Gasteiger partial charge in [0.25, 0.3) is 0 Å². The van der Waals surface area contributed by atoms with Gasteiger partial charge >= 0.3 is 0 Å². The fourth-order valence-corrected chi connectivity index (χ4v) is 1.62. The molecule has 2 rings (SSSR count). The van der Waals surface area contributed by atoms with Crippen molar-refractivity contribution >= 4 is 10.9 Å². The standard InChI is InChI=1S/C12H14N2O/c1-8(13)7-10-6-5-9-3-2-4-11(15)12(9)14-10/h2-6,8,15H,7,13H2,1H3. The van der Waals surface area contributed by atoms with Crippen LogP contribution in [0.1, 0.15) is 12.6 Å². The Morgan fingerprint density at radius 3 is 2.87 bits per heavy atom. The molecule has 0 radical (unpaired) electrons. The van der Waals surface area contributed by atoms with E-state index in [2.05, 4.69) is 4.98 Å². The molecule has 3 heteroatoms. The van der Waals surface area contributed by atoms with Gasteiger partial charge < -0.3 is 10.8 Å². The predicted molar refractivity (Wildman–Crippen MR) is 60.8 cm³/mol. The number of para-hydroxylation sites is 1. The lowest BCUT2D eigenvalue weighted by atomic mass is 10.1. The first kappa shape index (κ1) is 9.93. The zero-order chi connectivity index (χ0) is 10.8. The second kappa shape index (κ2) is 3.87. The monoisotopic (exact) mass is 202 g/mol. The molecule has 78 valence electrons. The number of aromatic hydroxyl groups is 1. The molecule has 1 aromatic carbocycles. The number of rotatable bonds is 2. The van der Waals surface area contributed by atoms with Crippen LogP contribution in [0.15, 0.2) is 30.3 Å². The van der Waals surface area contributed by atoms with Crippen molar-refractivity contribution in [3.63, 3.8) is 0 Å². The Morgan fingerprint density at radius 1 is 1.33 bits per heavy atom. The molecule has 1 heterocycles. The Kier molecular flexibility index (Phi) is 2.56. The molecule has 2 aromatic rings. The number of phenols is 1. The summed E-state index contributed by atoms with van der Waals surface area (Å²) in [7, 11) is 0. The average molecular weight is 202 g/mol. The van der Waals surface area contributed by atoms with Crippen molar-refractivity contribution in [1.29, 1.82) is 0 Å². The molecule has 0 saturated carbocycles. The van der Waals surface area contributed by atoms with Crippen molar-refractivity contribution in [2.24, 2.45) is 5.73 Å². The van der Waals surface area contributed by atoms with Crippen molar-refractivity contribution in [2.75, 3.05) is 0 Å². The third-order valence-corrected chi connectivity index (χ3v) is 2.29. The molecule has 3 nitrogen and oxygen atoms in total. The molecule has 0 aliphatic carbocycles. The molecule has 0 aliphatic rings. The lowest BCUT2D eigenvalue weighted by molar-refractivity contribution is 0.480. The molecule has 1 aromatic heterocycles. The molecule has 1 unspecified atom stereocenters. The maximum Gasteiger partial charge on any atom is 0.141 e. The maximum atomic E-state index is 9.64. The lowest BCUT2D eigenvalue weighted by Gasteiger charge is -2.06. The third-order valence-electron chi connectivity index (χ3n) is 2.29. The topological polar surface area (TPSA) is 59.1 Å². The summed E-state index contributed by atoms with van der Waals surface area (Å²) in [5.74, 6) is 0.221. The number of benzene rings is 1. The summed E-state index contributed by atoms with van der Waals surface area (Å²) in [6.07, 6.45) is 0.726. The molecule has 0 amide bonds. The van der Waals surface area contributed by atoms with Crippen LogP contribution in [0.2, 0.25) is 0 Å². The maximum absolute atomic E-state index is 9.64. The van der Waals surface area contributed by atoms with Crippen LogP contribution in [0, 0.1) is 0 Å². The normalized spacial score (nSPS) is 12.9. The van der Waals surface area contributed by atoms with Crippen LogP contribution >= 0.6 is 0 Å². The molecular formula is C12H14N2O. The molecule has 0 fully saturated rings. The first-order valence-corrected chi connectivity index (χ1v) is 5.00. The quantitative estimate of drug-likeness (QED) is 0.781. The van der Waals surface area contributed by atoms with Crippen molar-refractivity contribution < 1.29 is 5.11 Å². The van der Waals surface area contributed by atoms with Crippen LogP contribution in [0.4, 0.5) is 0 Å². The Balaban J connectivity index is 2.50. The van der Waals surface area contributed by atoms with E-state index in [1.807, 2.05) is 31.2 Å². The summed E-state index contributed by atoms with van der Waals surface area (Å²) in [5.41, 5.74) is 7.27. The number of phenolic OH excluding ortho intramolecular Hbond substituents is 1. The molecule has 3 N–H and O–H groups in total. The average Bonchev–Trinajstić information content (AvgIpc) is 2.18. The molecule has 0 saturated heterocycles. The van der Waals surface area contributed by atoms with Crippen LogP contribution in [-0.2, 0) is 6.42 Å². The smallest absolute Gasteiger partial charge is 0.141 e. The number of fused-ring (bicyclic) bond motifs is 1. The summed E-state index contributed by atoms with van der Waals surface area (Å²) in [5, 5.41) is 10.6. The van der Waals surface area contributed by atoms with E-state index in [4.69, 9.17) is 5.73 Å². The van der Waals surface area contributed by atoms with Crippen LogP contribution in [0.25, 0.3) is 10.9 Å². The van der Waals surface area contributed by atoms with Crippen LogP contribution < -0.4 is 5.73 Å². The van der Waals surface area contributed by atoms with Crippen LogP contribution in [0.5, 0.6) is 5.75 Å². The van der Waals surface area contributed by atoms with E-state index in [9.17, 15) is 5.11 Å². The fraction of sp³-hybridized carbons (Fsp3) is 0.250. The van der Waals surface area contributed by atoms with E-state index in [0.717, 1.165) is 17.5 Å². The highest BCUT2D eigenvalue weighted by Gasteiger charge is 2.04. The molecular weight excluding hydrogens is 188 g/mol. The van der Waals surface area contributed by atoms with Gasteiger partial charge in [-0.2, -0.15) is 0 Å². The van der Waals surface area contributed by atoms with E-state index in [-0.39, 0.29) is 11.8 Å². The SMILES string of the molecule is CC(N)Cc1ccc2cccc(O)c2n1. The van der Waals surface area contributed by atoms with Crippen LogP contribution in [-0.4, -0.2) is 16.1 Å². The Hall–Kier alpha value is -1.61. The summed E-state index contributed by atoms with van der Waals surface area (Å²) in [6, 6.07) is 9.37. The van der Waals surface area contributed by atoms with Gasteiger partial charge in [-0.25, -0.2) is 4.98 Å². The molecule has 0 bridgehead atoms. The van der Waals surface area contributed by atoms with Gasteiger partial charge in [-0.3, -0.25) is 0 Å². The summed E-state index contributed by atoms with van der Waals surface area (Å²) in [4.78, 5) is 4.38. The Labute approximate surface area is 88.6 Å². The second-order valence-corrected chi connectivity index (χ2v) is 3.83. The highest BCUT2D eigenvalue weighted by atomic mass is 16.3. The number of hydrogen-bond donors (Lipinski definition) is 2. The minimum atomic E-state index is 0.0841. The summed E-state index contributed by atoms with van der Waals surface area (Å²) < 4.78 is 0. The minimum absolute atomic E-state index is 0.0841. The van der Waals surface area contributed by atoms with E-state index in [0.29, 0.717) is 5.52 Å². The zero-order valence-electron chi connectivity index (χ0n) is 8.64. The lowest BCUT2D eigenvalue weighted by Crippen LogP contribution is -2.18. The van der Waals surface area contributed by atoms with E-state index < -0.39 is 0 Å². The van der Waals surface area contributed by atoms with Gasteiger partial charge in [0, 0.05) is 23.5 Å². The van der Waals surface area contributed by atoms with Gasteiger partial charge in [0.1, 0.15) is 11.3 Å². The largest absolute Gasteiger partial charge is 0.506 e. The highest BCUT2D eigenvalue weighted by molar-refractivity contribution is 5.84. The molecule has 1 atom stereocenters. The minimum Gasteiger partial charge on any atom is -0.506 e. The van der Waals surface area contributed by atoms with Gasteiger partial charge in [0.2, 0.25) is 0 Å². The van der Waals surface area contributed by atoms with Crippen molar-refractivity contribution in [3.8, 4) is 5.75 Å². The number of nitrogens with two attached hydrogens (primary N) is 1. The van der Waals surface area contributed by atoms with E-state index >= 15 is 0 Å². The Bertz CT molecular complexity index is 480. The number of aromatic nitrogens is 1. The van der Waals surface area contributed by atoms with Gasteiger partial charge in [-0.1, -0.05) is 18.2 Å². The van der Waals surface area contributed by atoms with E-state index in [1.54, 1.807) is 6.07 Å². The third kappa shape index (κ3) is 2.07.